The van der Waals surface area contributed by atoms with E-state index in [1.54, 1.807) is 12.1 Å². The highest BCUT2D eigenvalue weighted by molar-refractivity contribution is 6.04. The molecular weight excluding hydrogens is 456 g/mol. The van der Waals surface area contributed by atoms with Crippen LogP contribution >= 0.6 is 0 Å². The van der Waals surface area contributed by atoms with Crippen LogP contribution in [0, 0.1) is 0 Å². The van der Waals surface area contributed by atoms with Crippen molar-refractivity contribution in [3.63, 3.8) is 0 Å². The van der Waals surface area contributed by atoms with Crippen LogP contribution in [-0.2, 0) is 25.4 Å². The summed E-state index contributed by atoms with van der Waals surface area (Å²) in [6.07, 6.45) is 2.69. The molecule has 7 nitrogen and oxygen atoms in total. The Balaban J connectivity index is 1.41. The monoisotopic (exact) mass is 486 g/mol. The number of para-hydroxylation sites is 2. The summed E-state index contributed by atoms with van der Waals surface area (Å²) in [6, 6.07) is 21.9. The van der Waals surface area contributed by atoms with Crippen LogP contribution in [0.5, 0.6) is 0 Å². The second-order valence-electron chi connectivity index (χ2n) is 8.88. The predicted octanol–water partition coefficient (Wildman–Crippen LogP) is 4.22. The molecule has 36 heavy (non-hydrogen) atoms. The van der Waals surface area contributed by atoms with Gasteiger partial charge in [-0.3, -0.25) is 4.79 Å². The summed E-state index contributed by atoms with van der Waals surface area (Å²) < 4.78 is 17.2. The molecule has 3 aromatic rings. The van der Waals surface area contributed by atoms with E-state index in [-0.39, 0.29) is 37.4 Å². The summed E-state index contributed by atoms with van der Waals surface area (Å²) in [5, 5.41) is 11.8. The number of allylic oxidation sites excluding steroid dienone is 1. The first-order valence-electron chi connectivity index (χ1n) is 12.2. The zero-order chi connectivity index (χ0) is 24.9. The number of nitrogen functional groups attached to an aromatic ring is 1. The van der Waals surface area contributed by atoms with Gasteiger partial charge < -0.3 is 30.4 Å². The maximum absolute atomic E-state index is 13.2. The molecule has 1 amide bonds. The van der Waals surface area contributed by atoms with Crippen molar-refractivity contribution in [3.8, 4) is 11.1 Å². The van der Waals surface area contributed by atoms with Crippen molar-refractivity contribution in [2.75, 3.05) is 37.5 Å². The van der Waals surface area contributed by atoms with Crippen LogP contribution in [0.25, 0.3) is 11.1 Å². The Bertz CT molecular complexity index is 1270. The molecule has 0 radical (unpaired) electrons. The molecular formula is C29H30N2O5. The first-order valence-corrected chi connectivity index (χ1v) is 12.2. The average Bonchev–Trinajstić information content (AvgIpc) is 3.28. The van der Waals surface area contributed by atoms with Crippen LogP contribution in [-0.4, -0.2) is 43.7 Å². The first kappa shape index (κ1) is 24.1. The van der Waals surface area contributed by atoms with Crippen molar-refractivity contribution in [1.29, 1.82) is 0 Å². The number of hydrogen-bond acceptors (Lipinski definition) is 6. The third-order valence-electron chi connectivity index (χ3n) is 6.54. The number of hydrogen-bond donors (Lipinski definition) is 3. The van der Waals surface area contributed by atoms with E-state index in [0.717, 1.165) is 6.42 Å². The minimum absolute atomic E-state index is 0.0425. The molecule has 0 aromatic heterocycles. The fourth-order valence-electron chi connectivity index (χ4n) is 4.86. The lowest BCUT2D eigenvalue weighted by Gasteiger charge is -2.30. The lowest BCUT2D eigenvalue weighted by Crippen LogP contribution is -2.30. The van der Waals surface area contributed by atoms with Gasteiger partial charge in [-0.05, 0) is 52.4 Å². The topological polar surface area (TPSA) is 103 Å². The Morgan fingerprint density at radius 1 is 1.00 bits per heavy atom. The van der Waals surface area contributed by atoms with Crippen molar-refractivity contribution < 1.29 is 24.1 Å². The van der Waals surface area contributed by atoms with Gasteiger partial charge in [0.1, 0.15) is 0 Å². The molecule has 1 aliphatic heterocycles. The Morgan fingerprint density at radius 2 is 1.81 bits per heavy atom. The molecule has 0 fully saturated rings. The van der Waals surface area contributed by atoms with E-state index in [0.29, 0.717) is 24.4 Å². The average molecular weight is 487 g/mol. The standard InChI is InChI=1S/C29H30N2O5/c30-25-10-3-4-11-26(25)31-29(33)27-17-20(18-28(36-27)35-15-14-34-13-12-32)22-8-5-9-23-21-7-2-1-6-19(21)16-24(22)23/h1-11,17,20,28,32H,12-16,18,30H2,(H,31,33)/t20-,28+/m1/s1. The molecule has 5 rings (SSSR count). The number of amides is 1. The molecule has 0 bridgehead atoms. The van der Waals surface area contributed by atoms with E-state index < -0.39 is 6.29 Å². The van der Waals surface area contributed by atoms with Gasteiger partial charge in [-0.25, -0.2) is 0 Å². The van der Waals surface area contributed by atoms with Gasteiger partial charge in [0, 0.05) is 12.3 Å². The minimum atomic E-state index is -0.619. The summed E-state index contributed by atoms with van der Waals surface area (Å²) in [7, 11) is 0. The summed E-state index contributed by atoms with van der Waals surface area (Å²) in [4.78, 5) is 13.2. The second-order valence-corrected chi connectivity index (χ2v) is 8.88. The van der Waals surface area contributed by atoms with Gasteiger partial charge in [-0.2, -0.15) is 0 Å². The molecule has 0 spiro atoms. The number of ether oxygens (including phenoxy) is 3. The zero-order valence-electron chi connectivity index (χ0n) is 20.0. The number of carbonyl (C=O) groups is 1. The first-order chi connectivity index (χ1) is 17.6. The fourth-order valence-corrected chi connectivity index (χ4v) is 4.86. The quantitative estimate of drug-likeness (QED) is 0.242. The smallest absolute Gasteiger partial charge is 0.290 e. The molecule has 2 atom stereocenters. The van der Waals surface area contributed by atoms with E-state index >= 15 is 0 Å². The van der Waals surface area contributed by atoms with Crippen LogP contribution in [0.15, 0.2) is 78.6 Å². The number of fused-ring (bicyclic) bond motifs is 3. The normalized spacial score (nSPS) is 18.1. The van der Waals surface area contributed by atoms with E-state index in [9.17, 15) is 4.79 Å². The van der Waals surface area contributed by atoms with Crippen LogP contribution in [0.4, 0.5) is 11.4 Å². The van der Waals surface area contributed by atoms with Gasteiger partial charge in [0.05, 0.1) is 37.8 Å². The second kappa shape index (κ2) is 11.0. The molecule has 2 aliphatic rings. The highest BCUT2D eigenvalue weighted by Gasteiger charge is 2.32. The summed E-state index contributed by atoms with van der Waals surface area (Å²) in [5.41, 5.74) is 13.3. The highest BCUT2D eigenvalue weighted by Crippen LogP contribution is 2.43. The molecule has 7 heteroatoms. The van der Waals surface area contributed by atoms with Crippen molar-refractivity contribution in [1.82, 2.24) is 0 Å². The maximum atomic E-state index is 13.2. The fraction of sp³-hybridized carbons (Fsp3) is 0.276. The molecule has 186 valence electrons. The number of benzene rings is 3. The number of aliphatic hydroxyl groups is 1. The van der Waals surface area contributed by atoms with Gasteiger partial charge in [-0.1, -0.05) is 54.6 Å². The van der Waals surface area contributed by atoms with Gasteiger partial charge in [0.15, 0.2) is 5.76 Å². The Morgan fingerprint density at radius 3 is 2.67 bits per heavy atom. The van der Waals surface area contributed by atoms with Crippen molar-refractivity contribution >= 4 is 17.3 Å². The number of rotatable bonds is 9. The third-order valence-corrected chi connectivity index (χ3v) is 6.54. The van der Waals surface area contributed by atoms with E-state index in [1.807, 2.05) is 18.2 Å². The molecule has 0 unspecified atom stereocenters. The SMILES string of the molecule is Nc1ccccc1NC(=O)C1=C[C@@H](c2cccc3c2Cc2ccccc2-3)C[C@@H](OCCOCCO)O1. The summed E-state index contributed by atoms with van der Waals surface area (Å²) in [5.74, 6) is -0.247. The van der Waals surface area contributed by atoms with Gasteiger partial charge >= 0.3 is 0 Å². The van der Waals surface area contributed by atoms with E-state index in [2.05, 4.69) is 47.8 Å². The van der Waals surface area contributed by atoms with Crippen molar-refractivity contribution in [2.45, 2.75) is 25.0 Å². The largest absolute Gasteiger partial charge is 0.459 e. The Labute approximate surface area is 210 Å². The van der Waals surface area contributed by atoms with Gasteiger partial charge in [0.25, 0.3) is 5.91 Å². The number of carbonyl (C=O) groups excluding carboxylic acids is 1. The Kier molecular flexibility index (Phi) is 7.32. The molecule has 4 N–H and O–H groups in total. The molecule has 1 aliphatic carbocycles. The van der Waals surface area contributed by atoms with Crippen LogP contribution in [0.3, 0.4) is 0 Å². The van der Waals surface area contributed by atoms with Crippen molar-refractivity contribution in [3.05, 3.63) is 95.3 Å². The highest BCUT2D eigenvalue weighted by atomic mass is 16.7. The number of nitrogens with two attached hydrogens (primary N) is 1. The van der Waals surface area contributed by atoms with Crippen molar-refractivity contribution in [2.24, 2.45) is 0 Å². The number of aliphatic hydroxyl groups excluding tert-OH is 1. The third kappa shape index (κ3) is 5.14. The van der Waals surface area contributed by atoms with Gasteiger partial charge in [-0.15, -0.1) is 0 Å². The lowest BCUT2D eigenvalue weighted by molar-refractivity contribution is -0.148. The van der Waals surface area contributed by atoms with Crippen LogP contribution < -0.4 is 11.1 Å². The molecule has 1 heterocycles. The zero-order valence-corrected chi connectivity index (χ0v) is 20.0. The molecule has 3 aromatic carbocycles. The molecule has 0 saturated heterocycles. The minimum Gasteiger partial charge on any atom is -0.459 e. The maximum Gasteiger partial charge on any atom is 0.290 e. The van der Waals surface area contributed by atoms with E-state index in [1.165, 1.54) is 27.8 Å². The lowest BCUT2D eigenvalue weighted by atomic mass is 9.87. The van der Waals surface area contributed by atoms with E-state index in [4.69, 9.17) is 25.1 Å². The summed E-state index contributed by atoms with van der Waals surface area (Å²) in [6.45, 7) is 0.822. The molecule has 0 saturated carbocycles. The summed E-state index contributed by atoms with van der Waals surface area (Å²) >= 11 is 0. The van der Waals surface area contributed by atoms with Crippen LogP contribution in [0.1, 0.15) is 29.0 Å². The van der Waals surface area contributed by atoms with Gasteiger partial charge in [0.2, 0.25) is 6.29 Å². The predicted molar refractivity (Wildman–Crippen MR) is 138 cm³/mol. The number of nitrogens with one attached hydrogen (secondary N) is 1. The van der Waals surface area contributed by atoms with Crippen LogP contribution in [0.2, 0.25) is 0 Å². The number of anilines is 2. The Hall–Kier alpha value is -3.65.